The van der Waals surface area contributed by atoms with Crippen molar-refractivity contribution in [2.24, 2.45) is 5.92 Å². The van der Waals surface area contributed by atoms with Crippen LogP contribution in [0.3, 0.4) is 0 Å². The van der Waals surface area contributed by atoms with Gasteiger partial charge in [-0.15, -0.1) is 11.8 Å². The molecule has 0 aliphatic carbocycles. The number of sulfone groups is 1. The first-order valence-corrected chi connectivity index (χ1v) is 10.8. The second kappa shape index (κ2) is 6.12. The number of nitrogens with zero attached hydrogens (tertiary/aromatic N) is 2. The van der Waals surface area contributed by atoms with Gasteiger partial charge in [0.15, 0.2) is 9.84 Å². The van der Waals surface area contributed by atoms with Crippen molar-refractivity contribution in [2.45, 2.75) is 44.9 Å². The summed E-state index contributed by atoms with van der Waals surface area (Å²) in [6, 6.07) is -0.175. The van der Waals surface area contributed by atoms with Crippen LogP contribution < -0.4 is 5.32 Å². The summed E-state index contributed by atoms with van der Waals surface area (Å²) < 4.78 is 25.4. The Kier molecular flexibility index (Phi) is 4.48. The number of fused-ring (bicyclic) bond motifs is 1. The Hall–Kier alpha value is -1.02. The van der Waals surface area contributed by atoms with Crippen LogP contribution in [0, 0.1) is 12.8 Å². The van der Waals surface area contributed by atoms with Crippen molar-refractivity contribution in [3.8, 4) is 0 Å². The van der Waals surface area contributed by atoms with E-state index < -0.39 is 9.84 Å². The molecule has 128 valence electrons. The van der Waals surface area contributed by atoms with E-state index in [9.17, 15) is 13.2 Å². The van der Waals surface area contributed by atoms with Crippen molar-refractivity contribution >= 4 is 33.3 Å². The SMILES string of the molecule is Cc1nn([C@H]2CCS(=O)(=O)C2)c2c1[C@H](CC(C)C)SCC(=O)N2. The third-order valence-electron chi connectivity index (χ3n) is 4.37. The number of anilines is 1. The van der Waals surface area contributed by atoms with E-state index in [2.05, 4.69) is 24.3 Å². The van der Waals surface area contributed by atoms with Gasteiger partial charge in [0.25, 0.3) is 0 Å². The summed E-state index contributed by atoms with van der Waals surface area (Å²) in [5.74, 6) is 1.93. The molecule has 0 bridgehead atoms. The van der Waals surface area contributed by atoms with Gasteiger partial charge in [-0.1, -0.05) is 13.8 Å². The average molecular weight is 358 g/mol. The Labute approximate surface area is 141 Å². The lowest BCUT2D eigenvalue weighted by Gasteiger charge is -2.17. The van der Waals surface area contributed by atoms with Crippen LogP contribution in [0.25, 0.3) is 0 Å². The minimum Gasteiger partial charge on any atom is -0.310 e. The van der Waals surface area contributed by atoms with Crippen LogP contribution in [0.4, 0.5) is 5.82 Å². The molecule has 8 heteroatoms. The summed E-state index contributed by atoms with van der Waals surface area (Å²) in [6.07, 6.45) is 1.54. The highest BCUT2D eigenvalue weighted by atomic mass is 32.2. The molecule has 3 rings (SSSR count). The number of carbonyl (C=O) groups is 1. The van der Waals surface area contributed by atoms with Crippen molar-refractivity contribution in [1.29, 1.82) is 0 Å². The molecule has 0 aromatic carbocycles. The number of amides is 1. The van der Waals surface area contributed by atoms with Crippen molar-refractivity contribution in [3.05, 3.63) is 11.3 Å². The fraction of sp³-hybridized carbons (Fsp3) is 0.733. The summed E-state index contributed by atoms with van der Waals surface area (Å²) in [6.45, 7) is 6.29. The highest BCUT2D eigenvalue weighted by Crippen LogP contribution is 2.43. The molecule has 0 spiro atoms. The Balaban J connectivity index is 2.02. The molecular weight excluding hydrogens is 334 g/mol. The van der Waals surface area contributed by atoms with E-state index >= 15 is 0 Å². The Morgan fingerprint density at radius 3 is 2.78 bits per heavy atom. The minimum absolute atomic E-state index is 0.0375. The minimum atomic E-state index is -2.99. The molecule has 0 saturated carbocycles. The maximum Gasteiger partial charge on any atom is 0.235 e. The van der Waals surface area contributed by atoms with Gasteiger partial charge < -0.3 is 5.32 Å². The van der Waals surface area contributed by atoms with E-state index in [0.29, 0.717) is 23.9 Å². The summed E-state index contributed by atoms with van der Waals surface area (Å²) in [5.41, 5.74) is 1.96. The van der Waals surface area contributed by atoms with Gasteiger partial charge in [0, 0.05) is 10.8 Å². The molecule has 23 heavy (non-hydrogen) atoms. The zero-order valence-electron chi connectivity index (χ0n) is 13.7. The van der Waals surface area contributed by atoms with E-state index in [1.807, 2.05) is 6.92 Å². The fourth-order valence-electron chi connectivity index (χ4n) is 3.34. The molecule has 3 heterocycles. The molecule has 1 aromatic heterocycles. The summed E-state index contributed by atoms with van der Waals surface area (Å²) in [7, 11) is -2.99. The summed E-state index contributed by atoms with van der Waals surface area (Å²) >= 11 is 1.65. The molecule has 2 aliphatic heterocycles. The van der Waals surface area contributed by atoms with Crippen LogP contribution >= 0.6 is 11.8 Å². The van der Waals surface area contributed by atoms with E-state index in [1.165, 1.54) is 0 Å². The molecule has 0 unspecified atom stereocenters. The molecule has 2 aliphatic rings. The predicted molar refractivity (Wildman–Crippen MR) is 92.6 cm³/mol. The summed E-state index contributed by atoms with van der Waals surface area (Å²) in [5, 5.41) is 7.78. The number of aromatic nitrogens is 2. The van der Waals surface area contributed by atoms with Gasteiger partial charge in [-0.2, -0.15) is 5.10 Å². The number of hydrogen-bond donors (Lipinski definition) is 1. The van der Waals surface area contributed by atoms with Crippen molar-refractivity contribution in [3.63, 3.8) is 0 Å². The van der Waals surface area contributed by atoms with Gasteiger partial charge in [0.1, 0.15) is 5.82 Å². The number of hydrogen-bond acceptors (Lipinski definition) is 5. The summed E-state index contributed by atoms with van der Waals surface area (Å²) in [4.78, 5) is 12.1. The van der Waals surface area contributed by atoms with Crippen LogP contribution in [-0.4, -0.2) is 41.4 Å². The van der Waals surface area contributed by atoms with Gasteiger partial charge in [0.2, 0.25) is 5.91 Å². The second-order valence-corrected chi connectivity index (χ2v) is 10.2. The molecule has 2 atom stereocenters. The smallest absolute Gasteiger partial charge is 0.235 e. The normalized spacial score (nSPS) is 26.9. The first kappa shape index (κ1) is 16.8. The van der Waals surface area contributed by atoms with E-state index in [4.69, 9.17) is 0 Å². The predicted octanol–water partition coefficient (Wildman–Crippen LogP) is 2.32. The number of nitrogens with one attached hydrogen (secondary N) is 1. The first-order chi connectivity index (χ1) is 10.8. The maximum absolute atomic E-state index is 12.1. The molecular formula is C15H23N3O3S2. The van der Waals surface area contributed by atoms with Gasteiger partial charge in [0.05, 0.1) is 29.0 Å². The monoisotopic (exact) mass is 357 g/mol. The number of thioether (sulfide) groups is 1. The average Bonchev–Trinajstić information content (AvgIpc) is 2.89. The van der Waals surface area contributed by atoms with E-state index in [1.54, 1.807) is 16.4 Å². The number of aryl methyl sites for hydroxylation is 1. The van der Waals surface area contributed by atoms with Crippen LogP contribution in [0.1, 0.15) is 49.2 Å². The van der Waals surface area contributed by atoms with Crippen molar-refractivity contribution in [1.82, 2.24) is 9.78 Å². The topological polar surface area (TPSA) is 81.1 Å². The molecule has 1 saturated heterocycles. The Morgan fingerprint density at radius 2 is 2.17 bits per heavy atom. The molecule has 1 N–H and O–H groups in total. The highest BCUT2D eigenvalue weighted by molar-refractivity contribution is 8.00. The van der Waals surface area contributed by atoms with Crippen LogP contribution in [-0.2, 0) is 14.6 Å². The third kappa shape index (κ3) is 3.42. The lowest BCUT2D eigenvalue weighted by atomic mass is 10.0. The maximum atomic E-state index is 12.1. The lowest BCUT2D eigenvalue weighted by molar-refractivity contribution is -0.113. The molecule has 1 fully saturated rings. The third-order valence-corrected chi connectivity index (χ3v) is 7.38. The molecule has 6 nitrogen and oxygen atoms in total. The van der Waals surface area contributed by atoms with Crippen LogP contribution in [0.2, 0.25) is 0 Å². The number of carbonyl (C=O) groups excluding carboxylic acids is 1. The van der Waals surface area contributed by atoms with Gasteiger partial charge in [-0.3, -0.25) is 4.79 Å². The van der Waals surface area contributed by atoms with Crippen molar-refractivity contribution < 1.29 is 13.2 Å². The second-order valence-electron chi connectivity index (χ2n) is 6.83. The van der Waals surface area contributed by atoms with Crippen molar-refractivity contribution in [2.75, 3.05) is 22.6 Å². The molecule has 1 aromatic rings. The first-order valence-electron chi connectivity index (χ1n) is 7.97. The highest BCUT2D eigenvalue weighted by Gasteiger charge is 2.35. The number of rotatable bonds is 3. The van der Waals surface area contributed by atoms with E-state index in [0.717, 1.165) is 17.7 Å². The van der Waals surface area contributed by atoms with Gasteiger partial charge in [-0.25, -0.2) is 13.1 Å². The van der Waals surface area contributed by atoms with E-state index in [-0.39, 0.29) is 28.7 Å². The zero-order valence-corrected chi connectivity index (χ0v) is 15.3. The fourth-order valence-corrected chi connectivity index (χ4v) is 6.43. The Bertz CT molecular complexity index is 725. The quantitative estimate of drug-likeness (QED) is 0.898. The Morgan fingerprint density at radius 1 is 1.43 bits per heavy atom. The molecule has 1 amide bonds. The largest absolute Gasteiger partial charge is 0.310 e. The van der Waals surface area contributed by atoms with Crippen LogP contribution in [0.15, 0.2) is 0 Å². The van der Waals surface area contributed by atoms with Gasteiger partial charge in [-0.05, 0) is 25.7 Å². The van der Waals surface area contributed by atoms with Gasteiger partial charge >= 0.3 is 0 Å². The molecule has 0 radical (unpaired) electrons. The lowest BCUT2D eigenvalue weighted by Crippen LogP contribution is -2.20. The standard InChI is InChI=1S/C15H23N3O3S2/c1-9(2)6-12-14-10(3)17-18(11-4-5-23(20,21)8-11)15(14)16-13(19)7-22-12/h9,11-12H,4-8H2,1-3H3,(H,16,19)/t11-,12-/m0/s1. The zero-order chi connectivity index (χ0) is 16.8. The van der Waals surface area contributed by atoms with Crippen LogP contribution in [0.5, 0.6) is 0 Å².